The molecule has 1 amide bonds. The molecular formula is C17H21N3O3. The highest BCUT2D eigenvalue weighted by atomic mass is 16.4. The summed E-state index contributed by atoms with van der Waals surface area (Å²) in [6.07, 6.45) is 5.96. The number of aromatic nitrogens is 2. The molecule has 0 fully saturated rings. The molecule has 0 saturated heterocycles. The lowest BCUT2D eigenvalue weighted by Gasteiger charge is -2.10. The number of unbranched alkanes of at least 4 members (excludes halogenated alkanes) is 2. The van der Waals surface area contributed by atoms with Crippen LogP contribution in [0.15, 0.2) is 42.7 Å². The third-order valence-electron chi connectivity index (χ3n) is 3.51. The molecule has 2 N–H and O–H groups in total. The summed E-state index contributed by atoms with van der Waals surface area (Å²) in [6, 6.07) is 9.32. The van der Waals surface area contributed by atoms with Crippen molar-refractivity contribution in [3.63, 3.8) is 0 Å². The van der Waals surface area contributed by atoms with E-state index in [0.29, 0.717) is 25.1 Å². The van der Waals surface area contributed by atoms with Crippen molar-refractivity contribution in [1.82, 2.24) is 15.1 Å². The van der Waals surface area contributed by atoms with Crippen molar-refractivity contribution < 1.29 is 14.7 Å². The summed E-state index contributed by atoms with van der Waals surface area (Å²) >= 11 is 0. The number of rotatable bonds is 9. The van der Waals surface area contributed by atoms with Gasteiger partial charge in [-0.2, -0.15) is 5.10 Å². The van der Waals surface area contributed by atoms with E-state index in [9.17, 15) is 9.59 Å². The fourth-order valence-electron chi connectivity index (χ4n) is 2.32. The Bertz CT molecular complexity index is 638. The lowest BCUT2D eigenvalue weighted by Crippen LogP contribution is -2.26. The molecule has 0 bridgehead atoms. The van der Waals surface area contributed by atoms with E-state index in [1.165, 1.54) is 0 Å². The first-order valence-corrected chi connectivity index (χ1v) is 7.72. The molecule has 0 spiro atoms. The quantitative estimate of drug-likeness (QED) is 0.695. The summed E-state index contributed by atoms with van der Waals surface area (Å²) in [5, 5.41) is 15.6. The molecule has 6 nitrogen and oxygen atoms in total. The number of nitrogens with zero attached hydrogens (tertiary/aromatic N) is 2. The summed E-state index contributed by atoms with van der Waals surface area (Å²) < 4.78 is 1.78. The maximum atomic E-state index is 12.3. The minimum atomic E-state index is -0.776. The van der Waals surface area contributed by atoms with Crippen molar-refractivity contribution in [2.75, 3.05) is 6.54 Å². The normalized spacial score (nSPS) is 10.4. The predicted octanol–water partition coefficient (Wildman–Crippen LogP) is 2.31. The summed E-state index contributed by atoms with van der Waals surface area (Å²) in [6.45, 7) is 1.10. The van der Waals surface area contributed by atoms with Crippen LogP contribution >= 0.6 is 0 Å². The van der Waals surface area contributed by atoms with Gasteiger partial charge >= 0.3 is 5.97 Å². The smallest absolute Gasteiger partial charge is 0.303 e. The minimum absolute atomic E-state index is 0.106. The second kappa shape index (κ2) is 8.73. The highest BCUT2D eigenvalue weighted by Gasteiger charge is 2.10. The van der Waals surface area contributed by atoms with Gasteiger partial charge in [-0.25, -0.2) is 0 Å². The third-order valence-corrected chi connectivity index (χ3v) is 3.51. The number of aliphatic carboxylic acids is 1. The van der Waals surface area contributed by atoms with Crippen LogP contribution in [0, 0.1) is 0 Å². The van der Waals surface area contributed by atoms with Crippen molar-refractivity contribution in [1.29, 1.82) is 0 Å². The lowest BCUT2D eigenvalue weighted by atomic mass is 10.1. The van der Waals surface area contributed by atoms with Crippen LogP contribution in [0.4, 0.5) is 0 Å². The van der Waals surface area contributed by atoms with Gasteiger partial charge in [-0.3, -0.25) is 14.3 Å². The fourth-order valence-corrected chi connectivity index (χ4v) is 2.32. The molecule has 23 heavy (non-hydrogen) atoms. The Labute approximate surface area is 135 Å². The van der Waals surface area contributed by atoms with Crippen LogP contribution in [0.2, 0.25) is 0 Å². The Balaban J connectivity index is 1.83. The maximum Gasteiger partial charge on any atom is 0.303 e. The van der Waals surface area contributed by atoms with E-state index in [2.05, 4.69) is 10.4 Å². The highest BCUT2D eigenvalue weighted by Crippen LogP contribution is 2.10. The molecule has 1 aromatic heterocycles. The van der Waals surface area contributed by atoms with Crippen LogP contribution < -0.4 is 5.32 Å². The van der Waals surface area contributed by atoms with Gasteiger partial charge in [0.2, 0.25) is 0 Å². The van der Waals surface area contributed by atoms with Gasteiger partial charge in [-0.05, 0) is 30.5 Å². The summed E-state index contributed by atoms with van der Waals surface area (Å²) in [4.78, 5) is 22.7. The Hall–Kier alpha value is -2.63. The van der Waals surface area contributed by atoms with Gasteiger partial charge in [-0.15, -0.1) is 0 Å². The summed E-state index contributed by atoms with van der Waals surface area (Å²) in [5.41, 5.74) is 1.56. The molecule has 0 unspecified atom stereocenters. The van der Waals surface area contributed by atoms with Crippen LogP contribution in [-0.2, 0) is 11.3 Å². The van der Waals surface area contributed by atoms with E-state index < -0.39 is 5.97 Å². The van der Waals surface area contributed by atoms with Gasteiger partial charge in [-0.1, -0.05) is 24.6 Å². The molecule has 0 aliphatic rings. The Morgan fingerprint density at radius 2 is 1.96 bits per heavy atom. The molecule has 1 heterocycles. The second-order valence-electron chi connectivity index (χ2n) is 5.32. The van der Waals surface area contributed by atoms with Gasteiger partial charge in [0.15, 0.2) is 0 Å². The summed E-state index contributed by atoms with van der Waals surface area (Å²) in [7, 11) is 0. The van der Waals surface area contributed by atoms with Crippen LogP contribution in [0.1, 0.15) is 41.6 Å². The Kier molecular flexibility index (Phi) is 6.35. The Morgan fingerprint density at radius 1 is 1.13 bits per heavy atom. The number of hydrogen-bond donors (Lipinski definition) is 2. The van der Waals surface area contributed by atoms with E-state index >= 15 is 0 Å². The van der Waals surface area contributed by atoms with Gasteiger partial charge in [0.1, 0.15) is 0 Å². The van der Waals surface area contributed by atoms with Crippen LogP contribution in [-0.4, -0.2) is 33.3 Å². The van der Waals surface area contributed by atoms with Crippen molar-refractivity contribution in [2.24, 2.45) is 0 Å². The van der Waals surface area contributed by atoms with E-state index in [1.54, 1.807) is 16.9 Å². The van der Waals surface area contributed by atoms with E-state index in [1.807, 2.05) is 30.5 Å². The van der Waals surface area contributed by atoms with Crippen molar-refractivity contribution >= 4 is 11.9 Å². The molecule has 6 heteroatoms. The van der Waals surface area contributed by atoms with Crippen LogP contribution in [0.3, 0.4) is 0 Å². The van der Waals surface area contributed by atoms with E-state index in [-0.39, 0.29) is 12.3 Å². The average Bonchev–Trinajstić information content (AvgIpc) is 3.04. The molecule has 0 saturated carbocycles. The molecule has 0 aliphatic carbocycles. The number of carbonyl (C=O) groups is 2. The molecule has 2 rings (SSSR count). The third kappa shape index (κ3) is 5.58. The van der Waals surface area contributed by atoms with E-state index in [0.717, 1.165) is 18.4 Å². The monoisotopic (exact) mass is 315 g/mol. The molecule has 1 aromatic carbocycles. The standard InChI is InChI=1S/C17H21N3O3/c21-16(22)9-2-1-5-10-18-17(23)15-8-4-3-7-14(15)13-20-12-6-11-19-20/h3-4,6-8,11-12H,1-2,5,9-10,13H2,(H,18,23)(H,21,22). The van der Waals surface area contributed by atoms with Crippen LogP contribution in [0.25, 0.3) is 0 Å². The number of nitrogens with one attached hydrogen (secondary N) is 1. The SMILES string of the molecule is O=C(O)CCCCCNC(=O)c1ccccc1Cn1cccn1. The molecule has 0 atom stereocenters. The topological polar surface area (TPSA) is 84.2 Å². The van der Waals surface area contributed by atoms with Gasteiger partial charge < -0.3 is 10.4 Å². The highest BCUT2D eigenvalue weighted by molar-refractivity contribution is 5.95. The maximum absolute atomic E-state index is 12.3. The zero-order valence-corrected chi connectivity index (χ0v) is 12.9. The minimum Gasteiger partial charge on any atom is -0.481 e. The first-order valence-electron chi connectivity index (χ1n) is 7.72. The molecular weight excluding hydrogens is 294 g/mol. The largest absolute Gasteiger partial charge is 0.481 e. The number of carboxylic acid groups (broad SMARTS) is 1. The molecule has 0 radical (unpaired) electrons. The van der Waals surface area contributed by atoms with Crippen molar-refractivity contribution in [2.45, 2.75) is 32.2 Å². The van der Waals surface area contributed by atoms with E-state index in [4.69, 9.17) is 5.11 Å². The van der Waals surface area contributed by atoms with Gasteiger partial charge in [0, 0.05) is 30.9 Å². The molecule has 122 valence electrons. The zero-order chi connectivity index (χ0) is 16.5. The van der Waals surface area contributed by atoms with Crippen molar-refractivity contribution in [3.8, 4) is 0 Å². The number of benzene rings is 1. The second-order valence-corrected chi connectivity index (χ2v) is 5.32. The van der Waals surface area contributed by atoms with Crippen molar-refractivity contribution in [3.05, 3.63) is 53.9 Å². The Morgan fingerprint density at radius 3 is 2.70 bits per heavy atom. The van der Waals surface area contributed by atoms with Gasteiger partial charge in [0.05, 0.1) is 6.54 Å². The van der Waals surface area contributed by atoms with Crippen LogP contribution in [0.5, 0.6) is 0 Å². The first kappa shape index (κ1) is 16.7. The van der Waals surface area contributed by atoms with Gasteiger partial charge in [0.25, 0.3) is 5.91 Å². The molecule has 2 aromatic rings. The number of carboxylic acids is 1. The molecule has 0 aliphatic heterocycles. The fraction of sp³-hybridized carbons (Fsp3) is 0.353. The lowest BCUT2D eigenvalue weighted by molar-refractivity contribution is -0.137. The number of carbonyl (C=O) groups excluding carboxylic acids is 1. The summed E-state index contributed by atoms with van der Waals surface area (Å²) in [5.74, 6) is -0.882. The zero-order valence-electron chi connectivity index (χ0n) is 12.9. The first-order chi connectivity index (χ1) is 11.2. The number of hydrogen-bond acceptors (Lipinski definition) is 3. The number of amides is 1. The predicted molar refractivity (Wildman–Crippen MR) is 86.2 cm³/mol. The average molecular weight is 315 g/mol.